The maximum absolute atomic E-state index is 11.7. The average Bonchev–Trinajstić information content (AvgIpc) is 2.73. The van der Waals surface area contributed by atoms with Gasteiger partial charge < -0.3 is 20.1 Å². The lowest BCUT2D eigenvalue weighted by Crippen LogP contribution is -2.46. The Labute approximate surface area is 170 Å². The number of piperazine rings is 1. The summed E-state index contributed by atoms with van der Waals surface area (Å²) in [4.78, 5) is 22.6. The third kappa shape index (κ3) is 3.04. The maximum atomic E-state index is 11.7. The molecule has 1 saturated heterocycles. The Kier molecular flexibility index (Phi) is 4.42. The second kappa shape index (κ2) is 6.99. The van der Waals surface area contributed by atoms with Crippen LogP contribution in [-0.2, 0) is 18.4 Å². The monoisotopic (exact) mass is 394 g/mol. The van der Waals surface area contributed by atoms with Crippen LogP contribution in [-0.4, -0.2) is 47.2 Å². The third-order valence-corrected chi connectivity index (χ3v) is 6.47. The van der Waals surface area contributed by atoms with Gasteiger partial charge in [-0.1, -0.05) is 18.2 Å². The molecule has 7 nitrogen and oxygen atoms in total. The summed E-state index contributed by atoms with van der Waals surface area (Å²) >= 11 is 0. The van der Waals surface area contributed by atoms with Crippen LogP contribution < -0.4 is 15.0 Å². The lowest BCUT2D eigenvalue weighted by atomic mass is 9.73. The molecule has 2 N–H and O–H groups in total. The van der Waals surface area contributed by atoms with Crippen molar-refractivity contribution in [2.24, 2.45) is 0 Å². The number of nitrogens with one attached hydrogen (secondary N) is 1. The first kappa shape index (κ1) is 18.4. The van der Waals surface area contributed by atoms with Gasteiger partial charge in [-0.3, -0.25) is 0 Å². The molecule has 7 heteroatoms. The number of nitrogens with zero attached hydrogens (tertiary/aromatic N) is 3. The van der Waals surface area contributed by atoms with E-state index >= 15 is 0 Å². The lowest BCUT2D eigenvalue weighted by molar-refractivity contribution is 0.0188. The molecular formula is C22H26N4O3. The molecule has 2 aromatic rings. The minimum Gasteiger partial charge on any atom is -0.475 e. The average molecular weight is 394 g/mol. The Morgan fingerprint density at radius 2 is 2.03 bits per heavy atom. The van der Waals surface area contributed by atoms with Gasteiger partial charge in [0.05, 0.1) is 5.56 Å². The molecule has 0 saturated carbocycles. The van der Waals surface area contributed by atoms with E-state index in [-0.39, 0.29) is 5.82 Å². The number of carbonyl (C=O) groups is 1. The van der Waals surface area contributed by atoms with Crippen molar-refractivity contribution in [3.8, 4) is 5.88 Å². The highest BCUT2D eigenvalue weighted by atomic mass is 16.5. The SMILES string of the molecule is Cc1cccc2c1C1(CCC2)CCc2c(nc(C(=O)O)nc2N2CCNCC2)O1. The summed E-state index contributed by atoms with van der Waals surface area (Å²) in [5.41, 5.74) is 4.38. The van der Waals surface area contributed by atoms with Crippen LogP contribution in [0.5, 0.6) is 5.88 Å². The highest BCUT2D eigenvalue weighted by molar-refractivity contribution is 5.84. The van der Waals surface area contributed by atoms with Gasteiger partial charge in [0, 0.05) is 31.7 Å². The molecule has 3 aliphatic rings. The van der Waals surface area contributed by atoms with Crippen LogP contribution in [0.3, 0.4) is 0 Å². The number of carboxylic acid groups (broad SMARTS) is 1. The van der Waals surface area contributed by atoms with E-state index in [1.807, 2.05) is 0 Å². The number of carboxylic acids is 1. The molecule has 1 spiro atoms. The Balaban J connectivity index is 1.61. The van der Waals surface area contributed by atoms with E-state index in [1.165, 1.54) is 16.7 Å². The van der Waals surface area contributed by atoms with Crippen LogP contribution in [0.4, 0.5) is 5.82 Å². The molecule has 1 aliphatic carbocycles. The van der Waals surface area contributed by atoms with Crippen LogP contribution in [0.1, 0.15) is 52.1 Å². The molecule has 5 rings (SSSR count). The number of hydrogen-bond acceptors (Lipinski definition) is 6. The van der Waals surface area contributed by atoms with Gasteiger partial charge in [-0.25, -0.2) is 9.78 Å². The summed E-state index contributed by atoms with van der Waals surface area (Å²) in [6.07, 6.45) is 4.72. The Bertz CT molecular complexity index is 971. The van der Waals surface area contributed by atoms with Crippen molar-refractivity contribution in [2.75, 3.05) is 31.1 Å². The van der Waals surface area contributed by atoms with Gasteiger partial charge in [0.15, 0.2) is 0 Å². The fourth-order valence-corrected chi connectivity index (χ4v) is 5.18. The number of aromatic nitrogens is 2. The van der Waals surface area contributed by atoms with Crippen LogP contribution >= 0.6 is 0 Å². The zero-order valence-corrected chi connectivity index (χ0v) is 16.7. The molecule has 1 unspecified atom stereocenters. The third-order valence-electron chi connectivity index (χ3n) is 6.47. The van der Waals surface area contributed by atoms with Crippen molar-refractivity contribution < 1.29 is 14.6 Å². The van der Waals surface area contributed by atoms with Crippen LogP contribution in [0.25, 0.3) is 0 Å². The molecule has 1 fully saturated rings. The first-order chi connectivity index (χ1) is 14.1. The van der Waals surface area contributed by atoms with E-state index in [0.29, 0.717) is 5.88 Å². The first-order valence-electron chi connectivity index (χ1n) is 10.5. The molecule has 0 amide bonds. The van der Waals surface area contributed by atoms with Crippen molar-refractivity contribution in [3.05, 3.63) is 46.3 Å². The van der Waals surface area contributed by atoms with Crippen molar-refractivity contribution >= 4 is 11.8 Å². The summed E-state index contributed by atoms with van der Waals surface area (Å²) in [5.74, 6) is -0.124. The van der Waals surface area contributed by atoms with E-state index < -0.39 is 11.6 Å². The molecule has 1 aromatic heterocycles. The predicted octanol–water partition coefficient (Wildman–Crippen LogP) is 2.45. The Morgan fingerprint density at radius 1 is 1.21 bits per heavy atom. The Morgan fingerprint density at radius 3 is 2.83 bits per heavy atom. The van der Waals surface area contributed by atoms with Crippen molar-refractivity contribution in [1.82, 2.24) is 15.3 Å². The maximum Gasteiger partial charge on any atom is 0.374 e. The second-order valence-electron chi connectivity index (χ2n) is 8.26. The van der Waals surface area contributed by atoms with Crippen molar-refractivity contribution in [1.29, 1.82) is 0 Å². The fraction of sp³-hybridized carbons (Fsp3) is 0.500. The topological polar surface area (TPSA) is 87.6 Å². The van der Waals surface area contributed by atoms with E-state index in [9.17, 15) is 9.90 Å². The first-order valence-corrected chi connectivity index (χ1v) is 10.5. The zero-order valence-electron chi connectivity index (χ0n) is 16.7. The molecule has 0 bridgehead atoms. The zero-order chi connectivity index (χ0) is 20.0. The van der Waals surface area contributed by atoms with Crippen molar-refractivity contribution in [2.45, 2.75) is 44.6 Å². The number of fused-ring (bicyclic) bond motifs is 3. The molecule has 0 radical (unpaired) electrons. The quantitative estimate of drug-likeness (QED) is 0.809. The van der Waals surface area contributed by atoms with Gasteiger partial charge in [-0.05, 0) is 50.2 Å². The van der Waals surface area contributed by atoms with Gasteiger partial charge in [-0.15, -0.1) is 0 Å². The van der Waals surface area contributed by atoms with Crippen LogP contribution in [0.15, 0.2) is 18.2 Å². The number of hydrogen-bond donors (Lipinski definition) is 2. The number of rotatable bonds is 2. The van der Waals surface area contributed by atoms with Gasteiger partial charge in [0.25, 0.3) is 0 Å². The largest absolute Gasteiger partial charge is 0.475 e. The van der Waals surface area contributed by atoms with E-state index in [2.05, 4.69) is 45.3 Å². The number of aromatic carboxylic acids is 1. The minimum absolute atomic E-state index is 0.185. The summed E-state index contributed by atoms with van der Waals surface area (Å²) in [6, 6.07) is 6.44. The molecule has 152 valence electrons. The standard InChI is InChI=1S/C22H26N4O3/c1-14-4-2-5-15-6-3-8-22(17(14)15)9-7-16-19(26-12-10-23-11-13-26)24-18(21(27)28)25-20(16)29-22/h2,4-5,23H,3,6-13H2,1H3,(H,27,28). The van der Waals surface area contributed by atoms with Gasteiger partial charge in [-0.2, -0.15) is 4.98 Å². The van der Waals surface area contributed by atoms with Crippen LogP contribution in [0.2, 0.25) is 0 Å². The summed E-state index contributed by atoms with van der Waals surface area (Å²) in [7, 11) is 0. The summed E-state index contributed by atoms with van der Waals surface area (Å²) in [5, 5.41) is 12.9. The van der Waals surface area contributed by atoms with Gasteiger partial charge in [0.2, 0.25) is 11.7 Å². The van der Waals surface area contributed by atoms with E-state index in [0.717, 1.165) is 69.7 Å². The highest BCUT2D eigenvalue weighted by Crippen LogP contribution is 2.48. The Hall–Kier alpha value is -2.67. The van der Waals surface area contributed by atoms with Gasteiger partial charge >= 0.3 is 5.97 Å². The fourth-order valence-electron chi connectivity index (χ4n) is 5.18. The van der Waals surface area contributed by atoms with Crippen molar-refractivity contribution in [3.63, 3.8) is 0 Å². The molecule has 2 aliphatic heterocycles. The summed E-state index contributed by atoms with van der Waals surface area (Å²) < 4.78 is 6.63. The molecule has 1 aromatic carbocycles. The molecule has 1 atom stereocenters. The number of ether oxygens (including phenoxy) is 1. The lowest BCUT2D eigenvalue weighted by Gasteiger charge is -2.44. The summed E-state index contributed by atoms with van der Waals surface area (Å²) in [6.45, 7) is 5.46. The molecule has 3 heterocycles. The number of anilines is 1. The normalized spacial score (nSPS) is 23.3. The number of benzene rings is 1. The number of aryl methyl sites for hydroxylation is 2. The predicted molar refractivity (Wildman–Crippen MR) is 109 cm³/mol. The van der Waals surface area contributed by atoms with Gasteiger partial charge in [0.1, 0.15) is 11.4 Å². The van der Waals surface area contributed by atoms with Crippen LogP contribution in [0, 0.1) is 6.92 Å². The molecule has 29 heavy (non-hydrogen) atoms. The minimum atomic E-state index is -1.12. The highest BCUT2D eigenvalue weighted by Gasteiger charge is 2.44. The van der Waals surface area contributed by atoms with E-state index in [4.69, 9.17) is 4.74 Å². The second-order valence-corrected chi connectivity index (χ2v) is 8.26. The molecular weight excluding hydrogens is 368 g/mol. The van der Waals surface area contributed by atoms with E-state index in [1.54, 1.807) is 0 Å². The smallest absolute Gasteiger partial charge is 0.374 e.